The first-order valence-corrected chi connectivity index (χ1v) is 5.84. The molecule has 0 spiro atoms. The van der Waals surface area contributed by atoms with Crippen molar-refractivity contribution < 1.29 is 0 Å². The molecule has 0 saturated carbocycles. The quantitative estimate of drug-likeness (QED) is 0.800. The molecular weight excluding hydrogens is 182 g/mol. The molecule has 84 valence electrons. The van der Waals surface area contributed by atoms with Crippen LogP contribution >= 0.6 is 0 Å². The Balaban J connectivity index is 2.92. The van der Waals surface area contributed by atoms with E-state index in [1.807, 2.05) is 0 Å². The highest BCUT2D eigenvalue weighted by Crippen LogP contribution is 2.22. The lowest BCUT2D eigenvalue weighted by atomic mass is 9.88. The van der Waals surface area contributed by atoms with Crippen LogP contribution in [0.5, 0.6) is 0 Å². The van der Waals surface area contributed by atoms with E-state index in [2.05, 4.69) is 52.0 Å². The summed E-state index contributed by atoms with van der Waals surface area (Å²) in [6.45, 7) is 8.72. The molecule has 1 rings (SSSR count). The van der Waals surface area contributed by atoms with Crippen molar-refractivity contribution in [2.45, 2.75) is 46.1 Å². The predicted octanol–water partition coefficient (Wildman–Crippen LogP) is 3.47. The summed E-state index contributed by atoms with van der Waals surface area (Å²) in [7, 11) is 0. The molecule has 1 atom stereocenters. The molecule has 0 heterocycles. The third kappa shape index (κ3) is 3.35. The van der Waals surface area contributed by atoms with Crippen LogP contribution < -0.4 is 5.73 Å². The van der Waals surface area contributed by atoms with Crippen LogP contribution in [0.1, 0.15) is 45.2 Å². The molecule has 1 heteroatoms. The molecule has 0 amide bonds. The summed E-state index contributed by atoms with van der Waals surface area (Å²) in [5.41, 5.74) is 8.70. The molecule has 0 saturated heterocycles. The van der Waals surface area contributed by atoms with Crippen LogP contribution in [0.4, 0.5) is 0 Å². The Bertz CT molecular complexity index is 313. The number of nitrogens with two attached hydrogens (primary N) is 1. The zero-order valence-electron chi connectivity index (χ0n) is 10.4. The average molecular weight is 205 g/mol. The minimum Gasteiger partial charge on any atom is -0.322 e. The largest absolute Gasteiger partial charge is 0.322 e. The Morgan fingerprint density at radius 1 is 1.33 bits per heavy atom. The molecule has 0 radical (unpaired) electrons. The van der Waals surface area contributed by atoms with Gasteiger partial charge in [-0.15, -0.1) is 0 Å². The Morgan fingerprint density at radius 2 is 2.00 bits per heavy atom. The van der Waals surface area contributed by atoms with E-state index in [-0.39, 0.29) is 5.54 Å². The van der Waals surface area contributed by atoms with E-state index >= 15 is 0 Å². The summed E-state index contributed by atoms with van der Waals surface area (Å²) in [6, 6.07) is 8.69. The minimum absolute atomic E-state index is 0.188. The lowest BCUT2D eigenvalue weighted by Crippen LogP contribution is -2.31. The Morgan fingerprint density at radius 3 is 2.53 bits per heavy atom. The molecule has 0 fully saturated rings. The fourth-order valence-electron chi connectivity index (χ4n) is 1.73. The van der Waals surface area contributed by atoms with Gasteiger partial charge in [0, 0.05) is 5.54 Å². The van der Waals surface area contributed by atoms with Crippen LogP contribution in [0, 0.1) is 5.92 Å². The standard InChI is InChI=1S/C14H23N/c1-5-14(4,15)13-8-6-7-12(10-13)9-11(2)3/h6-8,10-11H,5,9,15H2,1-4H3. The van der Waals surface area contributed by atoms with Gasteiger partial charge in [-0.05, 0) is 36.8 Å². The average Bonchev–Trinajstić information content (AvgIpc) is 2.17. The monoisotopic (exact) mass is 205 g/mol. The van der Waals surface area contributed by atoms with E-state index in [4.69, 9.17) is 5.73 Å². The van der Waals surface area contributed by atoms with Crippen molar-refractivity contribution in [3.63, 3.8) is 0 Å². The lowest BCUT2D eigenvalue weighted by molar-refractivity contribution is 0.475. The molecular formula is C14H23N. The molecule has 1 nitrogen and oxygen atoms in total. The second kappa shape index (κ2) is 4.80. The second-order valence-corrected chi connectivity index (χ2v) is 5.07. The van der Waals surface area contributed by atoms with Crippen LogP contribution in [0.2, 0.25) is 0 Å². The van der Waals surface area contributed by atoms with Crippen LogP contribution in [-0.2, 0) is 12.0 Å². The van der Waals surface area contributed by atoms with Gasteiger partial charge in [0.25, 0.3) is 0 Å². The van der Waals surface area contributed by atoms with Crippen molar-refractivity contribution in [2.24, 2.45) is 11.7 Å². The summed E-state index contributed by atoms with van der Waals surface area (Å²) in [4.78, 5) is 0. The van der Waals surface area contributed by atoms with Crippen LogP contribution in [0.15, 0.2) is 24.3 Å². The molecule has 0 aromatic heterocycles. The van der Waals surface area contributed by atoms with Gasteiger partial charge in [0.05, 0.1) is 0 Å². The fourth-order valence-corrected chi connectivity index (χ4v) is 1.73. The first kappa shape index (κ1) is 12.3. The molecule has 2 N–H and O–H groups in total. The molecule has 1 aromatic carbocycles. The van der Waals surface area contributed by atoms with E-state index in [1.165, 1.54) is 11.1 Å². The van der Waals surface area contributed by atoms with Crippen LogP contribution in [0.25, 0.3) is 0 Å². The highest BCUT2D eigenvalue weighted by atomic mass is 14.7. The van der Waals surface area contributed by atoms with Crippen LogP contribution in [0.3, 0.4) is 0 Å². The van der Waals surface area contributed by atoms with Crippen molar-refractivity contribution in [1.82, 2.24) is 0 Å². The van der Waals surface area contributed by atoms with E-state index in [0.717, 1.165) is 12.8 Å². The van der Waals surface area contributed by atoms with Gasteiger partial charge >= 0.3 is 0 Å². The van der Waals surface area contributed by atoms with E-state index in [9.17, 15) is 0 Å². The zero-order chi connectivity index (χ0) is 11.5. The van der Waals surface area contributed by atoms with Gasteiger partial charge in [0.15, 0.2) is 0 Å². The molecule has 15 heavy (non-hydrogen) atoms. The van der Waals surface area contributed by atoms with Gasteiger partial charge in [-0.1, -0.05) is 45.0 Å². The first-order valence-electron chi connectivity index (χ1n) is 5.84. The summed E-state index contributed by atoms with van der Waals surface area (Å²) < 4.78 is 0. The highest BCUT2D eigenvalue weighted by Gasteiger charge is 2.18. The summed E-state index contributed by atoms with van der Waals surface area (Å²) >= 11 is 0. The topological polar surface area (TPSA) is 26.0 Å². The zero-order valence-corrected chi connectivity index (χ0v) is 10.4. The van der Waals surface area contributed by atoms with Crippen molar-refractivity contribution >= 4 is 0 Å². The van der Waals surface area contributed by atoms with Crippen molar-refractivity contribution in [3.05, 3.63) is 35.4 Å². The number of hydrogen-bond donors (Lipinski definition) is 1. The molecule has 0 aliphatic carbocycles. The lowest BCUT2D eigenvalue weighted by Gasteiger charge is -2.24. The SMILES string of the molecule is CCC(C)(N)c1cccc(CC(C)C)c1. The maximum Gasteiger partial charge on any atom is 0.0378 e. The maximum atomic E-state index is 6.24. The Labute approximate surface area is 93.7 Å². The molecule has 0 aliphatic rings. The van der Waals surface area contributed by atoms with E-state index in [1.54, 1.807) is 0 Å². The third-order valence-corrected chi connectivity index (χ3v) is 2.96. The van der Waals surface area contributed by atoms with Gasteiger partial charge in [-0.3, -0.25) is 0 Å². The van der Waals surface area contributed by atoms with Crippen LogP contribution in [-0.4, -0.2) is 0 Å². The third-order valence-electron chi connectivity index (χ3n) is 2.96. The normalized spacial score (nSPS) is 15.3. The van der Waals surface area contributed by atoms with Gasteiger partial charge < -0.3 is 5.73 Å². The first-order chi connectivity index (χ1) is 6.95. The molecule has 1 unspecified atom stereocenters. The van der Waals surface area contributed by atoms with Gasteiger partial charge in [-0.2, -0.15) is 0 Å². The van der Waals surface area contributed by atoms with Crippen molar-refractivity contribution in [1.29, 1.82) is 0 Å². The fraction of sp³-hybridized carbons (Fsp3) is 0.571. The predicted molar refractivity (Wildman–Crippen MR) is 66.8 cm³/mol. The minimum atomic E-state index is -0.188. The molecule has 1 aromatic rings. The molecule has 0 aliphatic heterocycles. The summed E-state index contributed by atoms with van der Waals surface area (Å²) in [6.07, 6.45) is 2.10. The number of benzene rings is 1. The second-order valence-electron chi connectivity index (χ2n) is 5.07. The Hall–Kier alpha value is -0.820. The highest BCUT2D eigenvalue weighted by molar-refractivity contribution is 5.29. The van der Waals surface area contributed by atoms with Gasteiger partial charge in [-0.25, -0.2) is 0 Å². The van der Waals surface area contributed by atoms with Crippen molar-refractivity contribution in [3.8, 4) is 0 Å². The van der Waals surface area contributed by atoms with Crippen molar-refractivity contribution in [2.75, 3.05) is 0 Å². The number of hydrogen-bond acceptors (Lipinski definition) is 1. The van der Waals surface area contributed by atoms with Gasteiger partial charge in [0.1, 0.15) is 0 Å². The van der Waals surface area contributed by atoms with Gasteiger partial charge in [0.2, 0.25) is 0 Å². The summed E-state index contributed by atoms with van der Waals surface area (Å²) in [5, 5.41) is 0. The van der Waals surface area contributed by atoms with E-state index in [0.29, 0.717) is 5.92 Å². The smallest absolute Gasteiger partial charge is 0.0378 e. The molecule has 0 bridgehead atoms. The Kier molecular flexibility index (Phi) is 3.92. The van der Waals surface area contributed by atoms with E-state index < -0.39 is 0 Å². The summed E-state index contributed by atoms with van der Waals surface area (Å²) in [5.74, 6) is 0.700. The maximum absolute atomic E-state index is 6.24. The number of rotatable bonds is 4.